The molecule has 0 unspecified atom stereocenters. The molecule has 28 heavy (non-hydrogen) atoms. The van der Waals surface area contributed by atoms with E-state index >= 15 is 0 Å². The highest BCUT2D eigenvalue weighted by Gasteiger charge is 2.52. The van der Waals surface area contributed by atoms with Crippen LogP contribution in [0.1, 0.15) is 54.9 Å². The van der Waals surface area contributed by atoms with Crippen molar-refractivity contribution in [1.82, 2.24) is 5.32 Å². The van der Waals surface area contributed by atoms with Gasteiger partial charge in [-0.05, 0) is 70.1 Å². The highest BCUT2D eigenvalue weighted by molar-refractivity contribution is 7.86. The lowest BCUT2D eigenvalue weighted by Gasteiger charge is -2.42. The van der Waals surface area contributed by atoms with E-state index in [0.29, 0.717) is 31.3 Å². The predicted molar refractivity (Wildman–Crippen MR) is 108 cm³/mol. The van der Waals surface area contributed by atoms with E-state index in [2.05, 4.69) is 5.32 Å². The number of rotatable bonds is 4. The first-order valence-corrected chi connectivity index (χ1v) is 11.3. The molecule has 1 spiro atoms. The molecule has 1 aromatic rings. The maximum absolute atomic E-state index is 13.1. The van der Waals surface area contributed by atoms with E-state index in [0.717, 1.165) is 28.5 Å². The predicted octanol–water partition coefficient (Wildman–Crippen LogP) is 3.15. The first-order valence-electron chi connectivity index (χ1n) is 9.50. The molecule has 7 heteroatoms. The van der Waals surface area contributed by atoms with Crippen LogP contribution < -0.4 is 5.32 Å². The zero-order valence-electron chi connectivity index (χ0n) is 17.4. The van der Waals surface area contributed by atoms with E-state index in [1.54, 1.807) is 7.11 Å². The molecule has 1 heterocycles. The molecule has 1 aromatic carbocycles. The first-order chi connectivity index (χ1) is 12.9. The van der Waals surface area contributed by atoms with Crippen LogP contribution in [0.4, 0.5) is 0 Å². The van der Waals surface area contributed by atoms with E-state index < -0.39 is 15.7 Å². The van der Waals surface area contributed by atoms with Crippen molar-refractivity contribution >= 4 is 21.6 Å². The van der Waals surface area contributed by atoms with E-state index in [9.17, 15) is 13.2 Å². The second-order valence-electron chi connectivity index (χ2n) is 8.46. The third-order valence-corrected chi connectivity index (χ3v) is 6.53. The summed E-state index contributed by atoms with van der Waals surface area (Å²) >= 11 is 0. The maximum Gasteiger partial charge on any atom is 0.306 e. The monoisotopic (exact) mass is 407 g/mol. The molecule has 1 aliphatic heterocycles. The van der Waals surface area contributed by atoms with Crippen LogP contribution in [0.25, 0.3) is 5.57 Å². The highest BCUT2D eigenvalue weighted by atomic mass is 32.2. The lowest BCUT2D eigenvalue weighted by Crippen LogP contribution is -2.51. The summed E-state index contributed by atoms with van der Waals surface area (Å²) in [4.78, 5) is 13.1. The van der Waals surface area contributed by atoms with Gasteiger partial charge in [0.15, 0.2) is 5.76 Å². The summed E-state index contributed by atoms with van der Waals surface area (Å²) in [5, 5.41) is 3.06. The minimum absolute atomic E-state index is 0.230. The minimum Gasteiger partial charge on any atom is -0.384 e. The third-order valence-electron chi connectivity index (χ3n) is 6.06. The molecule has 1 saturated carbocycles. The molecule has 154 valence electrons. The quantitative estimate of drug-likeness (QED) is 0.776. The summed E-state index contributed by atoms with van der Waals surface area (Å²) in [7, 11) is -2.12. The Hall–Kier alpha value is -1.86. The number of benzene rings is 1. The van der Waals surface area contributed by atoms with Gasteiger partial charge in [0.25, 0.3) is 5.91 Å². The molecule has 1 fully saturated rings. The maximum atomic E-state index is 13.1. The zero-order valence-corrected chi connectivity index (χ0v) is 18.2. The Balaban J connectivity index is 2.19. The fourth-order valence-electron chi connectivity index (χ4n) is 4.52. The van der Waals surface area contributed by atoms with Gasteiger partial charge in [-0.3, -0.25) is 4.79 Å². The standard InChI is InChI=1S/C21H29NO5S/c1-13-11-14(2)16(15(3)12-13)17-18(27-28(6,24)25)21(22-19(17)23)9-7-20(4,26-5)8-10-21/h11-12H,7-10H2,1-6H3,(H,22,23). The second-order valence-corrected chi connectivity index (χ2v) is 10.0. The second kappa shape index (κ2) is 6.88. The fourth-order valence-corrected chi connectivity index (χ4v) is 5.06. The lowest BCUT2D eigenvalue weighted by atomic mass is 9.74. The first kappa shape index (κ1) is 20.9. The average molecular weight is 408 g/mol. The van der Waals surface area contributed by atoms with Gasteiger partial charge in [0.1, 0.15) is 5.54 Å². The van der Waals surface area contributed by atoms with Crippen LogP contribution in [0.3, 0.4) is 0 Å². The normalized spacial score (nSPS) is 28.0. The largest absolute Gasteiger partial charge is 0.384 e. The van der Waals surface area contributed by atoms with Gasteiger partial charge >= 0.3 is 10.1 Å². The van der Waals surface area contributed by atoms with Crippen LogP contribution in [-0.2, 0) is 23.8 Å². The molecule has 0 radical (unpaired) electrons. The molecule has 2 aliphatic rings. The SMILES string of the molecule is COC1(C)CCC2(CC1)NC(=O)C(c1c(C)cc(C)cc1C)=C2OS(C)(=O)=O. The van der Waals surface area contributed by atoms with Gasteiger partial charge in [-0.25, -0.2) is 0 Å². The summed E-state index contributed by atoms with van der Waals surface area (Å²) in [5.41, 5.74) is 2.91. The summed E-state index contributed by atoms with van der Waals surface area (Å²) in [6.07, 6.45) is 3.52. The third kappa shape index (κ3) is 3.70. The summed E-state index contributed by atoms with van der Waals surface area (Å²) in [6, 6.07) is 3.99. The smallest absolute Gasteiger partial charge is 0.306 e. The van der Waals surface area contributed by atoms with Crippen molar-refractivity contribution in [3.63, 3.8) is 0 Å². The Morgan fingerprint density at radius 1 is 1.04 bits per heavy atom. The van der Waals surface area contributed by atoms with Gasteiger partial charge in [-0.2, -0.15) is 8.42 Å². The van der Waals surface area contributed by atoms with Crippen LogP contribution in [0, 0.1) is 20.8 Å². The number of ether oxygens (including phenoxy) is 1. The number of methoxy groups -OCH3 is 1. The van der Waals surface area contributed by atoms with E-state index in [-0.39, 0.29) is 17.3 Å². The summed E-state index contributed by atoms with van der Waals surface area (Å²) in [5.74, 6) is -0.0528. The van der Waals surface area contributed by atoms with Gasteiger partial charge in [0.2, 0.25) is 0 Å². The van der Waals surface area contributed by atoms with Crippen molar-refractivity contribution in [1.29, 1.82) is 0 Å². The number of amides is 1. The number of hydrogen-bond acceptors (Lipinski definition) is 5. The van der Waals surface area contributed by atoms with Crippen molar-refractivity contribution in [2.75, 3.05) is 13.4 Å². The van der Waals surface area contributed by atoms with Crippen LogP contribution in [0.5, 0.6) is 0 Å². The van der Waals surface area contributed by atoms with Gasteiger partial charge in [-0.15, -0.1) is 0 Å². The molecule has 1 aliphatic carbocycles. The Morgan fingerprint density at radius 3 is 2.04 bits per heavy atom. The Kier molecular flexibility index (Phi) is 5.13. The van der Waals surface area contributed by atoms with Gasteiger partial charge < -0.3 is 14.2 Å². The number of aryl methyl sites for hydroxylation is 3. The number of hydrogen-bond donors (Lipinski definition) is 1. The van der Waals surface area contributed by atoms with Crippen LogP contribution in [-0.4, -0.2) is 38.8 Å². The van der Waals surface area contributed by atoms with Crippen molar-refractivity contribution in [3.8, 4) is 0 Å². The Bertz CT molecular complexity index is 930. The summed E-state index contributed by atoms with van der Waals surface area (Å²) < 4.78 is 35.3. The minimum atomic E-state index is -3.80. The van der Waals surface area contributed by atoms with Crippen molar-refractivity contribution in [2.45, 2.75) is 64.5 Å². The Morgan fingerprint density at radius 2 is 1.57 bits per heavy atom. The molecule has 3 rings (SSSR count). The lowest BCUT2D eigenvalue weighted by molar-refractivity contribution is -0.117. The molecule has 6 nitrogen and oxygen atoms in total. The molecule has 1 N–H and O–H groups in total. The fraction of sp³-hybridized carbons (Fsp3) is 0.571. The molecule has 0 saturated heterocycles. The topological polar surface area (TPSA) is 81.7 Å². The molecule has 0 atom stereocenters. The van der Waals surface area contributed by atoms with Crippen LogP contribution >= 0.6 is 0 Å². The van der Waals surface area contributed by atoms with Gasteiger partial charge in [0, 0.05) is 7.11 Å². The number of carbonyl (C=O) groups is 1. The van der Waals surface area contributed by atoms with Crippen LogP contribution in [0.2, 0.25) is 0 Å². The molecule has 0 aromatic heterocycles. The van der Waals surface area contributed by atoms with Crippen molar-refractivity contribution < 1.29 is 22.1 Å². The van der Waals surface area contributed by atoms with E-state index in [4.69, 9.17) is 8.92 Å². The molecule has 0 bridgehead atoms. The van der Waals surface area contributed by atoms with Crippen molar-refractivity contribution in [2.24, 2.45) is 0 Å². The Labute approximate surface area is 167 Å². The number of carbonyl (C=O) groups excluding carboxylic acids is 1. The zero-order chi connectivity index (χ0) is 20.9. The molecule has 1 amide bonds. The average Bonchev–Trinajstić information content (AvgIpc) is 2.81. The molecular weight excluding hydrogens is 378 g/mol. The summed E-state index contributed by atoms with van der Waals surface area (Å²) in [6.45, 7) is 7.89. The van der Waals surface area contributed by atoms with Gasteiger partial charge in [-0.1, -0.05) is 17.7 Å². The highest BCUT2D eigenvalue weighted by Crippen LogP contribution is 2.47. The van der Waals surface area contributed by atoms with E-state index in [1.807, 2.05) is 39.8 Å². The van der Waals surface area contributed by atoms with E-state index in [1.165, 1.54) is 0 Å². The van der Waals surface area contributed by atoms with Gasteiger partial charge in [0.05, 0.1) is 17.4 Å². The van der Waals surface area contributed by atoms with Crippen LogP contribution in [0.15, 0.2) is 17.9 Å². The van der Waals surface area contributed by atoms with Crippen molar-refractivity contribution in [3.05, 3.63) is 40.1 Å². The number of nitrogens with one attached hydrogen (secondary N) is 1. The molecular formula is C21H29NO5S.